The fraction of sp³-hybridized carbons (Fsp3) is 1.00. The first kappa shape index (κ1) is 36.6. The summed E-state index contributed by atoms with van der Waals surface area (Å²) in [7, 11) is 0. The Kier molecular flexibility index (Phi) is 21.8. The van der Waals surface area contributed by atoms with Gasteiger partial charge in [-0.25, -0.2) is 0 Å². The van der Waals surface area contributed by atoms with E-state index in [0.717, 1.165) is 6.54 Å². The number of hydrogen-bond acceptors (Lipinski definition) is 10. The molecule has 1 N–H and O–H groups in total. The molecule has 2 aliphatic heterocycles. The van der Waals surface area contributed by atoms with Crippen LogP contribution in [-0.4, -0.2) is 131 Å². The zero-order valence-electron chi connectivity index (χ0n) is 25.8. The lowest BCUT2D eigenvalue weighted by Gasteiger charge is -2.35. The lowest BCUT2D eigenvalue weighted by atomic mass is 9.81. The fourth-order valence-electron chi connectivity index (χ4n) is 3.54. The third kappa shape index (κ3) is 18.6. The summed E-state index contributed by atoms with van der Waals surface area (Å²) in [6, 6.07) is 0. The normalized spacial score (nSPS) is 27.1. The maximum atomic E-state index is 5.73. The lowest BCUT2D eigenvalue weighted by Crippen LogP contribution is -2.52. The lowest BCUT2D eigenvalue weighted by molar-refractivity contribution is -0.0688. The molecule has 234 valence electrons. The molecule has 10 heteroatoms. The van der Waals surface area contributed by atoms with Crippen LogP contribution in [0.15, 0.2) is 0 Å². The zero-order chi connectivity index (χ0) is 28.7. The van der Waals surface area contributed by atoms with Crippen molar-refractivity contribution in [1.29, 1.82) is 0 Å². The van der Waals surface area contributed by atoms with Gasteiger partial charge in [-0.15, -0.1) is 0 Å². The maximum Gasteiger partial charge on any atom is 0.0701 e. The molecule has 1 unspecified atom stereocenters. The molecule has 39 heavy (non-hydrogen) atoms. The van der Waals surface area contributed by atoms with Gasteiger partial charge in [-0.2, -0.15) is 0 Å². The van der Waals surface area contributed by atoms with Crippen molar-refractivity contribution in [2.45, 2.75) is 47.1 Å². The second-order valence-corrected chi connectivity index (χ2v) is 11.1. The standard InChI is InChI=1S/C15H30O5.C14H29NO4/c1-14(2)15(3)12-19-10-8-17-6-4-16-5-7-18-9-11-20-13-15;1-13(2)14(3)12-19-11-10-18-9-8-17-7-6-16-5-4-15-14/h14H,4-13H2,1-3H3;13,15H,4-12H2,1-3H3. The Balaban J connectivity index is 0.000000391. The average molecular weight is 566 g/mol. The molecular weight excluding hydrogens is 506 g/mol. The Labute approximate surface area is 238 Å². The quantitative estimate of drug-likeness (QED) is 0.539. The zero-order valence-corrected chi connectivity index (χ0v) is 25.8. The van der Waals surface area contributed by atoms with Crippen molar-refractivity contribution in [2.24, 2.45) is 17.3 Å². The topological polar surface area (TPSA) is 95.1 Å². The molecule has 1 atom stereocenters. The highest BCUT2D eigenvalue weighted by molar-refractivity contribution is 4.86. The van der Waals surface area contributed by atoms with Crippen molar-refractivity contribution in [3.8, 4) is 0 Å². The summed E-state index contributed by atoms with van der Waals surface area (Å²) in [5, 5.41) is 3.53. The molecule has 2 aliphatic rings. The number of ether oxygens (including phenoxy) is 9. The van der Waals surface area contributed by atoms with Crippen molar-refractivity contribution in [3.63, 3.8) is 0 Å². The highest BCUT2D eigenvalue weighted by atomic mass is 16.6. The van der Waals surface area contributed by atoms with E-state index in [9.17, 15) is 0 Å². The third-order valence-corrected chi connectivity index (χ3v) is 7.31. The molecule has 0 amide bonds. The van der Waals surface area contributed by atoms with Crippen molar-refractivity contribution in [2.75, 3.05) is 125 Å². The van der Waals surface area contributed by atoms with Gasteiger partial charge >= 0.3 is 0 Å². The summed E-state index contributed by atoms with van der Waals surface area (Å²) >= 11 is 0. The predicted octanol–water partition coefficient (Wildman–Crippen LogP) is 2.82. The van der Waals surface area contributed by atoms with Crippen LogP contribution >= 0.6 is 0 Å². The number of nitrogens with one attached hydrogen (secondary N) is 1. The Morgan fingerprint density at radius 1 is 0.410 bits per heavy atom. The molecule has 0 aliphatic carbocycles. The molecule has 0 bridgehead atoms. The van der Waals surface area contributed by atoms with Gasteiger partial charge in [-0.1, -0.05) is 34.6 Å². The van der Waals surface area contributed by atoms with E-state index in [1.165, 1.54) is 0 Å². The van der Waals surface area contributed by atoms with Gasteiger partial charge < -0.3 is 47.9 Å². The molecule has 0 spiro atoms. The Bertz CT molecular complexity index is 519. The van der Waals surface area contributed by atoms with Gasteiger partial charge in [-0.05, 0) is 18.8 Å². The van der Waals surface area contributed by atoms with Gasteiger partial charge in [-0.3, -0.25) is 0 Å². The maximum absolute atomic E-state index is 5.73. The molecule has 2 heterocycles. The molecule has 10 nitrogen and oxygen atoms in total. The van der Waals surface area contributed by atoms with Crippen molar-refractivity contribution in [3.05, 3.63) is 0 Å². The van der Waals surface area contributed by atoms with E-state index in [-0.39, 0.29) is 11.0 Å². The number of hydrogen-bond donors (Lipinski definition) is 1. The fourth-order valence-corrected chi connectivity index (χ4v) is 3.54. The number of rotatable bonds is 2. The van der Waals surface area contributed by atoms with Crippen molar-refractivity contribution < 1.29 is 42.6 Å². The second kappa shape index (κ2) is 23.2. The molecule has 0 radical (unpaired) electrons. The minimum atomic E-state index is -0.0277. The van der Waals surface area contributed by atoms with Crippen LogP contribution in [0.25, 0.3) is 0 Å². The van der Waals surface area contributed by atoms with Crippen LogP contribution in [-0.2, 0) is 42.6 Å². The molecule has 2 rings (SSSR count). The average Bonchev–Trinajstić information content (AvgIpc) is 2.91. The summed E-state index contributed by atoms with van der Waals surface area (Å²) in [6.07, 6.45) is 0. The third-order valence-electron chi connectivity index (χ3n) is 7.31. The first-order valence-corrected chi connectivity index (χ1v) is 14.7. The Morgan fingerprint density at radius 3 is 1.05 bits per heavy atom. The molecule has 0 aromatic rings. The Morgan fingerprint density at radius 2 is 0.718 bits per heavy atom. The van der Waals surface area contributed by atoms with Crippen LogP contribution in [0.4, 0.5) is 0 Å². The van der Waals surface area contributed by atoms with Gasteiger partial charge in [0.15, 0.2) is 0 Å². The van der Waals surface area contributed by atoms with Gasteiger partial charge in [0.25, 0.3) is 0 Å². The molecular formula is C29H59NO9. The van der Waals surface area contributed by atoms with Gasteiger partial charge in [0.05, 0.1) is 119 Å². The van der Waals surface area contributed by atoms with E-state index in [0.29, 0.717) is 131 Å². The summed E-state index contributed by atoms with van der Waals surface area (Å²) in [5.74, 6) is 0.990. The van der Waals surface area contributed by atoms with Crippen molar-refractivity contribution >= 4 is 0 Å². The molecule has 0 aromatic heterocycles. The van der Waals surface area contributed by atoms with Crippen LogP contribution in [0.1, 0.15) is 41.5 Å². The van der Waals surface area contributed by atoms with E-state index >= 15 is 0 Å². The van der Waals surface area contributed by atoms with Gasteiger partial charge in [0, 0.05) is 17.5 Å². The molecule has 2 saturated heterocycles. The predicted molar refractivity (Wildman–Crippen MR) is 152 cm³/mol. The highest BCUT2D eigenvalue weighted by Crippen LogP contribution is 2.27. The monoisotopic (exact) mass is 565 g/mol. The van der Waals surface area contributed by atoms with Crippen LogP contribution in [0.3, 0.4) is 0 Å². The molecule has 0 saturated carbocycles. The summed E-state index contributed by atoms with van der Waals surface area (Å²) in [5.41, 5.74) is 0.000217. The van der Waals surface area contributed by atoms with Crippen LogP contribution < -0.4 is 5.32 Å². The summed E-state index contributed by atoms with van der Waals surface area (Å²) in [6.45, 7) is 25.4. The summed E-state index contributed by atoms with van der Waals surface area (Å²) < 4.78 is 49.8. The minimum absolute atomic E-state index is 0.0277. The van der Waals surface area contributed by atoms with Gasteiger partial charge in [0.1, 0.15) is 0 Å². The van der Waals surface area contributed by atoms with E-state index in [1.54, 1.807) is 0 Å². The Hall–Kier alpha value is -0.400. The van der Waals surface area contributed by atoms with Crippen molar-refractivity contribution in [1.82, 2.24) is 5.32 Å². The molecule has 2 fully saturated rings. The largest absolute Gasteiger partial charge is 0.378 e. The van der Waals surface area contributed by atoms with Crippen LogP contribution in [0.5, 0.6) is 0 Å². The van der Waals surface area contributed by atoms with E-state index in [2.05, 4.69) is 46.9 Å². The minimum Gasteiger partial charge on any atom is -0.378 e. The SMILES string of the molecule is CC(C)C1(C)COCCOCCOCCOCCN1.CC(C)C1(C)COCCOCCOCCOCCOC1. The van der Waals surface area contributed by atoms with Crippen LogP contribution in [0.2, 0.25) is 0 Å². The smallest absolute Gasteiger partial charge is 0.0701 e. The first-order chi connectivity index (χ1) is 18.8. The van der Waals surface area contributed by atoms with E-state index in [1.807, 2.05) is 0 Å². The van der Waals surface area contributed by atoms with E-state index < -0.39 is 0 Å². The van der Waals surface area contributed by atoms with E-state index in [4.69, 9.17) is 42.6 Å². The second-order valence-electron chi connectivity index (χ2n) is 11.1. The molecule has 0 aromatic carbocycles. The summed E-state index contributed by atoms with van der Waals surface area (Å²) in [4.78, 5) is 0. The van der Waals surface area contributed by atoms with Crippen LogP contribution in [0, 0.1) is 17.3 Å². The highest BCUT2D eigenvalue weighted by Gasteiger charge is 2.29. The van der Waals surface area contributed by atoms with Gasteiger partial charge in [0.2, 0.25) is 0 Å². The first-order valence-electron chi connectivity index (χ1n) is 14.7.